The number of rotatable bonds is 4. The summed E-state index contributed by atoms with van der Waals surface area (Å²) in [6.45, 7) is 1.80. The molecule has 0 spiro atoms. The summed E-state index contributed by atoms with van der Waals surface area (Å²) in [4.78, 5) is 26.1. The Bertz CT molecular complexity index is 961. The van der Waals surface area contributed by atoms with Gasteiger partial charge in [-0.1, -0.05) is 51.4 Å². The minimum Gasteiger partial charge on any atom is -0.377 e. The Balaban J connectivity index is 1.69. The van der Waals surface area contributed by atoms with E-state index in [1.807, 2.05) is 12.1 Å². The molecule has 0 bridgehead atoms. The second kappa shape index (κ2) is 8.89. The van der Waals surface area contributed by atoms with Gasteiger partial charge in [-0.2, -0.15) is 5.10 Å². The van der Waals surface area contributed by atoms with Crippen LogP contribution in [0.1, 0.15) is 18.9 Å². The number of nitrogens with zero attached hydrogens (tertiary/aromatic N) is 3. The number of hydrogen-bond donors (Lipinski definition) is 1. The Morgan fingerprint density at radius 3 is 2.43 bits per heavy atom. The Morgan fingerprint density at radius 1 is 1.14 bits per heavy atom. The van der Waals surface area contributed by atoms with E-state index in [9.17, 15) is 9.59 Å². The highest BCUT2D eigenvalue weighted by molar-refractivity contribution is 9.10. The van der Waals surface area contributed by atoms with Crippen molar-refractivity contribution in [1.29, 1.82) is 0 Å². The van der Waals surface area contributed by atoms with Gasteiger partial charge in [-0.15, -0.1) is 5.10 Å². The van der Waals surface area contributed by atoms with Crippen molar-refractivity contribution >= 4 is 67.7 Å². The topological polar surface area (TPSA) is 88.1 Å². The monoisotopic (exact) mass is 478 g/mol. The number of nitrogens with two attached hydrogens (primary N) is 1. The van der Waals surface area contributed by atoms with Crippen LogP contribution < -0.4 is 10.6 Å². The van der Waals surface area contributed by atoms with Crippen LogP contribution in [0.25, 0.3) is 0 Å². The smallest absolute Gasteiger partial charge is 0.247 e. The minimum absolute atomic E-state index is 0.0651. The van der Waals surface area contributed by atoms with Crippen LogP contribution in [0.4, 0.5) is 5.69 Å². The van der Waals surface area contributed by atoms with Gasteiger partial charge in [-0.3, -0.25) is 9.59 Å². The van der Waals surface area contributed by atoms with E-state index >= 15 is 0 Å². The summed E-state index contributed by atoms with van der Waals surface area (Å²) in [6.07, 6.45) is 0.0651. The molecule has 144 valence electrons. The molecule has 2 amide bonds. The maximum atomic E-state index is 12.6. The van der Waals surface area contributed by atoms with E-state index < -0.39 is 5.25 Å². The number of imide groups is 1. The van der Waals surface area contributed by atoms with Crippen LogP contribution >= 0.6 is 39.3 Å². The largest absolute Gasteiger partial charge is 0.377 e. The predicted molar refractivity (Wildman–Crippen MR) is 118 cm³/mol. The van der Waals surface area contributed by atoms with Crippen LogP contribution in [0.5, 0.6) is 0 Å². The van der Waals surface area contributed by atoms with Crippen molar-refractivity contribution in [1.82, 2.24) is 0 Å². The first-order valence-electron chi connectivity index (χ1n) is 8.28. The van der Waals surface area contributed by atoms with Gasteiger partial charge in [0, 0.05) is 15.9 Å². The molecule has 2 aromatic carbocycles. The fourth-order valence-electron chi connectivity index (χ4n) is 2.60. The summed E-state index contributed by atoms with van der Waals surface area (Å²) in [5, 5.41) is 8.21. The quantitative estimate of drug-likeness (QED) is 0.308. The first-order chi connectivity index (χ1) is 13.3. The highest BCUT2D eigenvalue weighted by Crippen LogP contribution is 2.30. The Kier molecular flexibility index (Phi) is 6.53. The van der Waals surface area contributed by atoms with Crippen molar-refractivity contribution in [2.24, 2.45) is 15.9 Å². The van der Waals surface area contributed by atoms with Gasteiger partial charge >= 0.3 is 0 Å². The summed E-state index contributed by atoms with van der Waals surface area (Å²) in [5.41, 5.74) is 7.97. The normalized spacial score (nSPS) is 18.1. The average Bonchev–Trinajstić information content (AvgIpc) is 2.94. The number of hydrogen-bond acceptors (Lipinski definition) is 5. The van der Waals surface area contributed by atoms with Crippen molar-refractivity contribution in [3.63, 3.8) is 0 Å². The number of amides is 2. The zero-order valence-corrected chi connectivity index (χ0v) is 18.0. The first-order valence-corrected chi connectivity index (χ1v) is 10.3. The molecule has 1 fully saturated rings. The van der Waals surface area contributed by atoms with E-state index in [1.165, 1.54) is 4.90 Å². The molecule has 6 nitrogen and oxygen atoms in total. The molecule has 1 heterocycles. The molecular formula is C19H16BrClN4O2S. The third-order valence-electron chi connectivity index (χ3n) is 4.01. The molecule has 1 aliphatic heterocycles. The minimum atomic E-state index is -0.620. The van der Waals surface area contributed by atoms with Crippen molar-refractivity contribution in [3.05, 3.63) is 63.6 Å². The number of carbonyl (C=O) groups is 2. The van der Waals surface area contributed by atoms with Gasteiger partial charge in [0.05, 0.1) is 11.4 Å². The number of anilines is 1. The average molecular weight is 480 g/mol. The molecule has 28 heavy (non-hydrogen) atoms. The molecule has 0 radical (unpaired) electrons. The van der Waals surface area contributed by atoms with Gasteiger partial charge in [0.15, 0.2) is 5.17 Å². The lowest BCUT2D eigenvalue weighted by Crippen LogP contribution is -2.31. The molecule has 0 saturated carbocycles. The Hall–Kier alpha value is -2.16. The summed E-state index contributed by atoms with van der Waals surface area (Å²) >= 11 is 10.2. The molecule has 1 aliphatic rings. The van der Waals surface area contributed by atoms with Crippen molar-refractivity contribution < 1.29 is 9.59 Å². The lowest BCUT2D eigenvalue weighted by atomic mass is 10.1. The third kappa shape index (κ3) is 4.81. The summed E-state index contributed by atoms with van der Waals surface area (Å²) < 4.78 is 0.867. The molecule has 0 aromatic heterocycles. The molecule has 0 aliphatic carbocycles. The molecule has 1 atom stereocenters. The van der Waals surface area contributed by atoms with Crippen molar-refractivity contribution in [2.45, 2.75) is 18.6 Å². The Labute approximate surface area is 180 Å². The maximum absolute atomic E-state index is 12.6. The zero-order chi connectivity index (χ0) is 20.3. The van der Waals surface area contributed by atoms with E-state index in [1.54, 1.807) is 43.3 Å². The van der Waals surface area contributed by atoms with E-state index in [0.29, 0.717) is 16.4 Å². The first kappa shape index (κ1) is 20.6. The molecule has 1 saturated heterocycles. The second-order valence-corrected chi connectivity index (χ2v) is 8.56. The lowest BCUT2D eigenvalue weighted by molar-refractivity contribution is -0.121. The van der Waals surface area contributed by atoms with E-state index in [4.69, 9.17) is 17.3 Å². The highest BCUT2D eigenvalue weighted by Gasteiger charge is 2.40. The number of thioether (sulfide) groups is 1. The van der Waals surface area contributed by atoms with Gasteiger partial charge in [-0.05, 0) is 48.9 Å². The van der Waals surface area contributed by atoms with Crippen molar-refractivity contribution in [2.75, 3.05) is 4.90 Å². The van der Waals surface area contributed by atoms with E-state index in [2.05, 4.69) is 26.1 Å². The molecule has 9 heteroatoms. The number of benzene rings is 2. The van der Waals surface area contributed by atoms with Gasteiger partial charge < -0.3 is 5.73 Å². The van der Waals surface area contributed by atoms with Gasteiger partial charge in [0.2, 0.25) is 11.8 Å². The van der Waals surface area contributed by atoms with Gasteiger partial charge in [0.1, 0.15) is 5.25 Å². The van der Waals surface area contributed by atoms with Crippen molar-refractivity contribution in [3.8, 4) is 0 Å². The van der Waals surface area contributed by atoms with Crippen LogP contribution in [0.3, 0.4) is 0 Å². The molecule has 1 unspecified atom stereocenters. The number of amidine groups is 1. The second-order valence-electron chi connectivity index (χ2n) is 5.98. The summed E-state index contributed by atoms with van der Waals surface area (Å²) in [5.74, 6) is -0.577. The Morgan fingerprint density at radius 2 is 1.79 bits per heavy atom. The summed E-state index contributed by atoms with van der Waals surface area (Å²) in [6, 6.07) is 14.2. The van der Waals surface area contributed by atoms with Gasteiger partial charge in [0.25, 0.3) is 0 Å². The molecule has 2 N–H and O–H groups in total. The van der Waals surface area contributed by atoms with E-state index in [-0.39, 0.29) is 23.4 Å². The predicted octanol–water partition coefficient (Wildman–Crippen LogP) is 4.21. The van der Waals surface area contributed by atoms with Crippen LogP contribution in [0, 0.1) is 0 Å². The SMILES string of the molecule is C/C(=N\N=C(/N)SC1CC(=O)N(c2ccc(Br)cc2)C1=O)c1ccc(Cl)cc1. The van der Waals surface area contributed by atoms with Crippen LogP contribution in [-0.2, 0) is 9.59 Å². The number of carbonyl (C=O) groups excluding carboxylic acids is 2. The summed E-state index contributed by atoms with van der Waals surface area (Å²) in [7, 11) is 0. The lowest BCUT2D eigenvalue weighted by Gasteiger charge is -2.14. The highest BCUT2D eigenvalue weighted by atomic mass is 79.9. The van der Waals surface area contributed by atoms with Gasteiger partial charge in [-0.25, -0.2) is 4.90 Å². The fraction of sp³-hybridized carbons (Fsp3) is 0.158. The molecule has 3 rings (SSSR count). The van der Waals surface area contributed by atoms with Crippen LogP contribution in [-0.4, -0.2) is 27.9 Å². The van der Waals surface area contributed by atoms with Crippen LogP contribution in [0.2, 0.25) is 5.02 Å². The van der Waals surface area contributed by atoms with E-state index in [0.717, 1.165) is 21.8 Å². The third-order valence-corrected chi connectivity index (χ3v) is 5.77. The fourth-order valence-corrected chi connectivity index (χ4v) is 3.80. The zero-order valence-electron chi connectivity index (χ0n) is 14.8. The standard InChI is InChI=1S/C19H16BrClN4O2S/c1-11(12-2-6-14(21)7-3-12)23-24-19(22)28-16-10-17(26)25(18(16)27)15-8-4-13(20)5-9-15/h2-9,16H,10H2,1H3,(H2,22,24)/b23-11+. The maximum Gasteiger partial charge on any atom is 0.247 e. The molecule has 2 aromatic rings. The molecular weight excluding hydrogens is 464 g/mol. The number of halogens is 2. The van der Waals surface area contributed by atoms with Crippen LogP contribution in [0.15, 0.2) is 63.2 Å².